The number of carbonyl (C=O) groups is 1. The van der Waals surface area contributed by atoms with Crippen molar-refractivity contribution in [1.82, 2.24) is 4.90 Å². The molecule has 108 valence electrons. The molecule has 1 atom stereocenters. The van der Waals surface area contributed by atoms with Crippen LogP contribution in [0, 0.1) is 6.92 Å². The van der Waals surface area contributed by atoms with E-state index in [2.05, 4.69) is 30.0 Å². The zero-order chi connectivity index (χ0) is 14.1. The molecule has 4 nitrogen and oxygen atoms in total. The summed E-state index contributed by atoms with van der Waals surface area (Å²) in [7, 11) is 2.04. The van der Waals surface area contributed by atoms with Gasteiger partial charge < -0.3 is 14.5 Å². The first kappa shape index (κ1) is 13.6. The van der Waals surface area contributed by atoms with Crippen molar-refractivity contribution in [2.24, 2.45) is 0 Å². The Balaban J connectivity index is 1.83. The van der Waals surface area contributed by atoms with E-state index in [1.807, 2.05) is 11.9 Å². The number of hydrogen-bond acceptors (Lipinski definition) is 3. The number of anilines is 1. The minimum Gasteiger partial charge on any atom is -0.366 e. The predicted molar refractivity (Wildman–Crippen MR) is 79.1 cm³/mol. The number of nitrogens with zero attached hydrogens (tertiary/aromatic N) is 2. The summed E-state index contributed by atoms with van der Waals surface area (Å²) in [4.78, 5) is 16.8. The zero-order valence-electron chi connectivity index (χ0n) is 12.3. The summed E-state index contributed by atoms with van der Waals surface area (Å²) in [5.41, 5.74) is 3.61. The van der Waals surface area contributed by atoms with Gasteiger partial charge >= 0.3 is 0 Å². The van der Waals surface area contributed by atoms with Crippen LogP contribution in [0.25, 0.3) is 0 Å². The molecule has 3 rings (SSSR count). The molecular formula is C16H22N2O2. The number of benzene rings is 1. The van der Waals surface area contributed by atoms with Crippen molar-refractivity contribution in [2.45, 2.75) is 25.9 Å². The van der Waals surface area contributed by atoms with Gasteiger partial charge in [0.05, 0.1) is 6.61 Å². The molecule has 0 spiro atoms. The van der Waals surface area contributed by atoms with E-state index in [4.69, 9.17) is 4.74 Å². The lowest BCUT2D eigenvalue weighted by atomic mass is 9.99. The molecule has 0 saturated carbocycles. The predicted octanol–water partition coefficient (Wildman–Crippen LogP) is 1.60. The maximum Gasteiger partial charge on any atom is 0.257 e. The van der Waals surface area contributed by atoms with Gasteiger partial charge in [0.2, 0.25) is 0 Å². The Bertz CT molecular complexity index is 515. The quantitative estimate of drug-likeness (QED) is 0.780. The Labute approximate surface area is 120 Å². The Morgan fingerprint density at radius 3 is 3.00 bits per heavy atom. The first-order chi connectivity index (χ1) is 9.65. The minimum atomic E-state index is -0.319. The lowest BCUT2D eigenvalue weighted by Gasteiger charge is -2.35. The van der Waals surface area contributed by atoms with Crippen molar-refractivity contribution in [3.8, 4) is 0 Å². The third-order valence-corrected chi connectivity index (χ3v) is 4.16. The van der Waals surface area contributed by atoms with Gasteiger partial charge in [0, 0.05) is 25.3 Å². The molecule has 0 bridgehead atoms. The summed E-state index contributed by atoms with van der Waals surface area (Å²) in [6, 6.07) is 6.36. The van der Waals surface area contributed by atoms with Crippen molar-refractivity contribution >= 4 is 11.6 Å². The molecule has 2 aliphatic rings. The molecule has 4 heteroatoms. The Hall–Kier alpha value is -1.39. The van der Waals surface area contributed by atoms with E-state index in [-0.39, 0.29) is 12.0 Å². The second-order valence-corrected chi connectivity index (χ2v) is 5.85. The molecule has 1 aromatic carbocycles. The number of morpholine rings is 1. The molecule has 0 aromatic heterocycles. The fourth-order valence-electron chi connectivity index (χ4n) is 3.06. The van der Waals surface area contributed by atoms with Crippen LogP contribution in [0.1, 0.15) is 17.5 Å². The average Bonchev–Trinajstić information content (AvgIpc) is 2.45. The summed E-state index contributed by atoms with van der Waals surface area (Å²) in [6.45, 7) is 5.14. The topological polar surface area (TPSA) is 32.8 Å². The van der Waals surface area contributed by atoms with E-state index in [9.17, 15) is 4.79 Å². The van der Waals surface area contributed by atoms with Gasteiger partial charge in [-0.15, -0.1) is 0 Å². The molecule has 2 aliphatic heterocycles. The van der Waals surface area contributed by atoms with E-state index < -0.39 is 0 Å². The number of likely N-dealkylation sites (N-methyl/N-ethyl adjacent to an activating group) is 1. The summed E-state index contributed by atoms with van der Waals surface area (Å²) in [5, 5.41) is 0. The number of amides is 1. The fourth-order valence-corrected chi connectivity index (χ4v) is 3.06. The highest BCUT2D eigenvalue weighted by Gasteiger charge is 2.31. The van der Waals surface area contributed by atoms with Crippen molar-refractivity contribution in [3.05, 3.63) is 29.3 Å². The van der Waals surface area contributed by atoms with Crippen molar-refractivity contribution in [1.29, 1.82) is 0 Å². The fraction of sp³-hybridized carbons (Fsp3) is 0.562. The summed E-state index contributed by atoms with van der Waals surface area (Å²) >= 11 is 0. The molecule has 0 aliphatic carbocycles. The molecular weight excluding hydrogens is 252 g/mol. The third kappa shape index (κ3) is 2.58. The smallest absolute Gasteiger partial charge is 0.257 e. The number of ether oxygens (including phenoxy) is 1. The van der Waals surface area contributed by atoms with Gasteiger partial charge in [-0.2, -0.15) is 0 Å². The van der Waals surface area contributed by atoms with Crippen LogP contribution in [-0.2, 0) is 16.0 Å². The maximum absolute atomic E-state index is 12.7. The lowest BCUT2D eigenvalue weighted by molar-refractivity contribution is -0.135. The van der Waals surface area contributed by atoms with E-state index in [1.165, 1.54) is 11.1 Å². The second-order valence-electron chi connectivity index (χ2n) is 5.85. The summed E-state index contributed by atoms with van der Waals surface area (Å²) in [6.07, 6.45) is 1.78. The van der Waals surface area contributed by atoms with Crippen molar-refractivity contribution in [2.75, 3.05) is 38.2 Å². The molecule has 1 aromatic rings. The van der Waals surface area contributed by atoms with Gasteiger partial charge in [0.15, 0.2) is 0 Å². The first-order valence-electron chi connectivity index (χ1n) is 7.36. The molecule has 20 heavy (non-hydrogen) atoms. The van der Waals surface area contributed by atoms with Crippen LogP contribution >= 0.6 is 0 Å². The van der Waals surface area contributed by atoms with E-state index in [0.29, 0.717) is 13.2 Å². The van der Waals surface area contributed by atoms with E-state index in [1.54, 1.807) is 0 Å². The lowest BCUT2D eigenvalue weighted by Crippen LogP contribution is -2.51. The molecule has 1 unspecified atom stereocenters. The SMILES string of the molecule is Cc1ccc2c(c1)CCCN2C(=O)C1CN(C)CCO1. The maximum atomic E-state index is 12.7. The van der Waals surface area contributed by atoms with Crippen LogP contribution < -0.4 is 4.90 Å². The highest BCUT2D eigenvalue weighted by molar-refractivity contribution is 5.97. The normalized spacial score (nSPS) is 23.5. The van der Waals surface area contributed by atoms with Crippen LogP contribution in [0.2, 0.25) is 0 Å². The highest BCUT2D eigenvalue weighted by Crippen LogP contribution is 2.29. The number of aryl methyl sites for hydroxylation is 2. The van der Waals surface area contributed by atoms with Gasteiger partial charge in [0.25, 0.3) is 5.91 Å². The second kappa shape index (κ2) is 5.54. The average molecular weight is 274 g/mol. The zero-order valence-corrected chi connectivity index (χ0v) is 12.3. The van der Waals surface area contributed by atoms with Gasteiger partial charge in [-0.3, -0.25) is 4.79 Å². The third-order valence-electron chi connectivity index (χ3n) is 4.16. The summed E-state index contributed by atoms with van der Waals surface area (Å²) < 4.78 is 5.67. The largest absolute Gasteiger partial charge is 0.366 e. The Kier molecular flexibility index (Phi) is 3.76. The minimum absolute atomic E-state index is 0.112. The van der Waals surface area contributed by atoms with Crippen molar-refractivity contribution < 1.29 is 9.53 Å². The molecule has 1 saturated heterocycles. The van der Waals surface area contributed by atoms with Crippen LogP contribution in [0.4, 0.5) is 5.69 Å². The number of hydrogen-bond donors (Lipinski definition) is 0. The molecule has 0 N–H and O–H groups in total. The van der Waals surface area contributed by atoms with Gasteiger partial charge in [-0.1, -0.05) is 17.7 Å². The standard InChI is InChI=1S/C16H22N2O2/c1-12-5-6-14-13(10-12)4-3-7-18(14)16(19)15-11-17(2)8-9-20-15/h5-6,10,15H,3-4,7-9,11H2,1-2H3. The Morgan fingerprint density at radius 2 is 2.20 bits per heavy atom. The molecule has 0 radical (unpaired) electrons. The monoisotopic (exact) mass is 274 g/mol. The first-order valence-corrected chi connectivity index (χ1v) is 7.36. The van der Waals surface area contributed by atoms with Gasteiger partial charge in [-0.05, 0) is 38.4 Å². The molecule has 1 fully saturated rings. The van der Waals surface area contributed by atoms with Crippen LogP contribution in [0.3, 0.4) is 0 Å². The molecule has 2 heterocycles. The molecule has 1 amide bonds. The van der Waals surface area contributed by atoms with Gasteiger partial charge in [-0.25, -0.2) is 0 Å². The van der Waals surface area contributed by atoms with Gasteiger partial charge in [0.1, 0.15) is 6.10 Å². The van der Waals surface area contributed by atoms with E-state index in [0.717, 1.165) is 31.6 Å². The highest BCUT2D eigenvalue weighted by atomic mass is 16.5. The van der Waals surface area contributed by atoms with Crippen LogP contribution in [0.5, 0.6) is 0 Å². The van der Waals surface area contributed by atoms with E-state index >= 15 is 0 Å². The number of fused-ring (bicyclic) bond motifs is 1. The number of carbonyl (C=O) groups excluding carboxylic acids is 1. The van der Waals surface area contributed by atoms with Crippen LogP contribution in [-0.4, -0.2) is 50.2 Å². The Morgan fingerprint density at radius 1 is 1.35 bits per heavy atom. The van der Waals surface area contributed by atoms with Crippen molar-refractivity contribution in [3.63, 3.8) is 0 Å². The summed E-state index contributed by atoms with van der Waals surface area (Å²) in [5.74, 6) is 0.112. The number of rotatable bonds is 1. The van der Waals surface area contributed by atoms with Crippen LogP contribution in [0.15, 0.2) is 18.2 Å².